The Morgan fingerprint density at radius 1 is 0.941 bits per heavy atom. The molecule has 2 aliphatic heterocycles. The molecule has 3 aromatic heterocycles. The van der Waals surface area contributed by atoms with E-state index >= 15 is 0 Å². The molecule has 1 aromatic carbocycles. The summed E-state index contributed by atoms with van der Waals surface area (Å²) in [5, 5.41) is 0. The number of nitrogens with two attached hydrogens (primary N) is 1. The van der Waals surface area contributed by atoms with Gasteiger partial charge in [0.05, 0.1) is 6.61 Å². The highest BCUT2D eigenvalue weighted by Gasteiger charge is 2.45. The Balaban J connectivity index is 1.58. The van der Waals surface area contributed by atoms with Crippen molar-refractivity contribution in [3.8, 4) is 33.9 Å². The van der Waals surface area contributed by atoms with Crippen molar-refractivity contribution < 1.29 is 13.9 Å². The van der Waals surface area contributed by atoms with Gasteiger partial charge in [-0.05, 0) is 60.5 Å². The van der Waals surface area contributed by atoms with Crippen LogP contribution in [0.2, 0.25) is 0 Å². The van der Waals surface area contributed by atoms with Crippen LogP contribution < -0.4 is 10.5 Å². The van der Waals surface area contributed by atoms with E-state index in [1.54, 1.807) is 30.6 Å². The number of fused-ring (bicyclic) bond motifs is 4. The zero-order valence-electron chi connectivity index (χ0n) is 18.3. The summed E-state index contributed by atoms with van der Waals surface area (Å²) in [5.74, 6) is 0.514. The van der Waals surface area contributed by atoms with Gasteiger partial charge in [0.25, 0.3) is 6.02 Å². The minimum Gasteiger partial charge on any atom is -0.465 e. The Morgan fingerprint density at radius 3 is 2.65 bits per heavy atom. The quantitative estimate of drug-likeness (QED) is 0.441. The molecule has 0 saturated heterocycles. The first kappa shape index (κ1) is 20.3. The van der Waals surface area contributed by atoms with E-state index in [2.05, 4.69) is 15.0 Å². The zero-order chi connectivity index (χ0) is 23.3. The molecule has 2 aliphatic rings. The second-order valence-electron chi connectivity index (χ2n) is 8.33. The summed E-state index contributed by atoms with van der Waals surface area (Å²) in [4.78, 5) is 17.5. The fourth-order valence-electron chi connectivity index (χ4n) is 4.64. The van der Waals surface area contributed by atoms with Crippen molar-refractivity contribution in [2.24, 2.45) is 10.7 Å². The lowest BCUT2D eigenvalue weighted by Gasteiger charge is -2.39. The molecular weight excluding hydrogens is 433 g/mol. The maximum atomic E-state index is 14.5. The van der Waals surface area contributed by atoms with Crippen LogP contribution >= 0.6 is 0 Å². The van der Waals surface area contributed by atoms with Gasteiger partial charge in [0.1, 0.15) is 11.3 Å². The Hall–Kier alpha value is -4.33. The summed E-state index contributed by atoms with van der Waals surface area (Å²) in [6, 6.07) is 15.0. The van der Waals surface area contributed by atoms with Gasteiger partial charge in [-0.25, -0.2) is 15.0 Å². The monoisotopic (exact) mass is 453 g/mol. The van der Waals surface area contributed by atoms with Crippen molar-refractivity contribution in [1.82, 2.24) is 15.0 Å². The summed E-state index contributed by atoms with van der Waals surface area (Å²) in [7, 11) is 0. The average Bonchev–Trinajstić information content (AvgIpc) is 2.84. The lowest BCUT2D eigenvalue weighted by molar-refractivity contribution is 0.218. The van der Waals surface area contributed by atoms with E-state index in [-0.39, 0.29) is 6.02 Å². The van der Waals surface area contributed by atoms with E-state index < -0.39 is 11.5 Å². The number of aliphatic imine (C=N–C) groups is 1. The van der Waals surface area contributed by atoms with Crippen LogP contribution in [0.1, 0.15) is 23.2 Å². The third-order valence-electron chi connectivity index (χ3n) is 6.24. The summed E-state index contributed by atoms with van der Waals surface area (Å²) < 4.78 is 26.2. The van der Waals surface area contributed by atoms with Gasteiger partial charge in [0.15, 0.2) is 0 Å². The van der Waals surface area contributed by atoms with Gasteiger partial charge < -0.3 is 15.2 Å². The second-order valence-corrected chi connectivity index (χ2v) is 8.33. The summed E-state index contributed by atoms with van der Waals surface area (Å²) in [6.45, 7) is 2.32. The van der Waals surface area contributed by atoms with Crippen LogP contribution in [0.3, 0.4) is 0 Å². The van der Waals surface area contributed by atoms with Crippen LogP contribution in [0.4, 0.5) is 4.39 Å². The number of hydrogen-bond acceptors (Lipinski definition) is 7. The van der Waals surface area contributed by atoms with Gasteiger partial charge in [-0.3, -0.25) is 4.98 Å². The minimum atomic E-state index is -0.884. The number of rotatable bonds is 2. The molecule has 168 valence electrons. The molecule has 4 aromatic rings. The van der Waals surface area contributed by atoms with E-state index in [0.717, 1.165) is 27.9 Å². The Labute approximate surface area is 195 Å². The Kier molecular flexibility index (Phi) is 4.55. The van der Waals surface area contributed by atoms with Gasteiger partial charge >= 0.3 is 0 Å². The third kappa shape index (κ3) is 3.18. The van der Waals surface area contributed by atoms with E-state index in [4.69, 9.17) is 20.2 Å². The lowest BCUT2D eigenvalue weighted by atomic mass is 9.77. The number of hydrogen-bond donors (Lipinski definition) is 1. The van der Waals surface area contributed by atoms with Crippen LogP contribution in [0, 0.1) is 12.9 Å². The third-order valence-corrected chi connectivity index (χ3v) is 6.24. The highest BCUT2D eigenvalue weighted by molar-refractivity contribution is 5.77. The SMILES string of the molecule is Cc1cc(-c2cnc3c(c2)[C@@]2(CCOC(N)=N2)c2cc(-c4cccnc4F)ccc2O3)ccn1. The first-order valence-electron chi connectivity index (χ1n) is 10.9. The highest BCUT2D eigenvalue weighted by atomic mass is 19.1. The van der Waals surface area contributed by atoms with Crippen LogP contribution in [-0.2, 0) is 10.3 Å². The van der Waals surface area contributed by atoms with E-state index in [9.17, 15) is 4.39 Å². The standard InChI is InChI=1S/C26H20FN5O2/c1-15-11-16(6-9-29-15)18-13-21-24(31-14-18)34-22-5-4-17(19-3-2-8-30-23(19)27)12-20(22)26(21)7-10-33-25(28)32-26/h2-6,8-9,11-14H,7,10H2,1H3,(H2,28,32)/t26-/m1/s1. The summed E-state index contributed by atoms with van der Waals surface area (Å²) in [6.07, 6.45) is 5.50. The maximum absolute atomic E-state index is 14.5. The molecule has 0 unspecified atom stereocenters. The Morgan fingerprint density at radius 2 is 1.82 bits per heavy atom. The van der Waals surface area contributed by atoms with Gasteiger partial charge in [0, 0.05) is 53.0 Å². The number of benzene rings is 1. The summed E-state index contributed by atoms with van der Waals surface area (Å²) >= 11 is 0. The predicted molar refractivity (Wildman–Crippen MR) is 125 cm³/mol. The van der Waals surface area contributed by atoms with E-state index in [0.29, 0.717) is 35.8 Å². The molecule has 1 spiro atoms. The van der Waals surface area contributed by atoms with Crippen molar-refractivity contribution in [3.63, 3.8) is 0 Å². The summed E-state index contributed by atoms with van der Waals surface area (Å²) in [5.41, 5.74) is 10.6. The molecule has 0 fully saturated rings. The first-order valence-corrected chi connectivity index (χ1v) is 10.9. The van der Waals surface area contributed by atoms with Crippen molar-refractivity contribution in [2.75, 3.05) is 6.61 Å². The maximum Gasteiger partial charge on any atom is 0.283 e. The molecule has 5 heterocycles. The molecule has 6 rings (SSSR count). The molecule has 8 heteroatoms. The molecule has 0 amide bonds. The van der Waals surface area contributed by atoms with Crippen molar-refractivity contribution in [2.45, 2.75) is 18.9 Å². The van der Waals surface area contributed by atoms with Gasteiger partial charge in [-0.2, -0.15) is 4.39 Å². The van der Waals surface area contributed by atoms with Crippen molar-refractivity contribution >= 4 is 6.02 Å². The van der Waals surface area contributed by atoms with Crippen LogP contribution in [0.25, 0.3) is 22.3 Å². The zero-order valence-corrected chi connectivity index (χ0v) is 18.3. The van der Waals surface area contributed by atoms with E-state index in [1.807, 2.05) is 37.3 Å². The van der Waals surface area contributed by atoms with Crippen molar-refractivity contribution in [3.05, 3.63) is 89.9 Å². The lowest BCUT2D eigenvalue weighted by Crippen LogP contribution is -2.38. The number of aromatic nitrogens is 3. The normalized spacial score (nSPS) is 18.4. The molecule has 1 atom stereocenters. The smallest absolute Gasteiger partial charge is 0.283 e. The molecule has 0 bridgehead atoms. The number of amidine groups is 1. The van der Waals surface area contributed by atoms with Gasteiger partial charge in [-0.1, -0.05) is 6.07 Å². The molecular formula is C26H20FN5O2. The Bertz CT molecular complexity index is 1470. The fraction of sp³-hybridized carbons (Fsp3) is 0.154. The number of pyridine rings is 3. The molecule has 0 saturated carbocycles. The number of nitrogens with zero attached hydrogens (tertiary/aromatic N) is 4. The molecule has 0 radical (unpaired) electrons. The molecule has 34 heavy (non-hydrogen) atoms. The topological polar surface area (TPSA) is 95.5 Å². The van der Waals surface area contributed by atoms with Gasteiger partial charge in [-0.15, -0.1) is 0 Å². The highest BCUT2D eigenvalue weighted by Crippen LogP contribution is 2.52. The van der Waals surface area contributed by atoms with E-state index in [1.165, 1.54) is 6.20 Å². The number of ether oxygens (including phenoxy) is 2. The first-order chi connectivity index (χ1) is 16.5. The largest absolute Gasteiger partial charge is 0.465 e. The van der Waals surface area contributed by atoms with Crippen LogP contribution in [0.5, 0.6) is 11.6 Å². The molecule has 0 aliphatic carbocycles. The molecule has 7 nitrogen and oxygen atoms in total. The van der Waals surface area contributed by atoms with Gasteiger partial charge in [0.2, 0.25) is 11.8 Å². The van der Waals surface area contributed by atoms with Crippen LogP contribution in [0.15, 0.2) is 72.1 Å². The van der Waals surface area contributed by atoms with Crippen LogP contribution in [-0.4, -0.2) is 27.6 Å². The fourth-order valence-corrected chi connectivity index (χ4v) is 4.64. The number of halogens is 1. The minimum absolute atomic E-state index is 0.0909. The average molecular weight is 453 g/mol. The van der Waals surface area contributed by atoms with Crippen molar-refractivity contribution in [1.29, 1.82) is 0 Å². The number of aryl methyl sites for hydroxylation is 1. The second kappa shape index (κ2) is 7.62. The molecule has 2 N–H and O–H groups in total. The predicted octanol–water partition coefficient (Wildman–Crippen LogP) is 4.74.